The maximum Gasteiger partial charge on any atom is 0.353 e. The molecule has 0 atom stereocenters. The zero-order valence-corrected chi connectivity index (χ0v) is 11.9. The largest absolute Gasteiger partial charge is 0.381 e. The molecule has 0 unspecified atom stereocenters. The molecule has 0 aliphatic rings. The van der Waals surface area contributed by atoms with Crippen LogP contribution in [0.2, 0.25) is 0 Å². The highest BCUT2D eigenvalue weighted by Crippen LogP contribution is 2.28. The minimum absolute atomic E-state index is 0.137. The number of unbranched alkanes of at least 4 members (excludes halogenated alkanes) is 1. The zero-order valence-electron chi connectivity index (χ0n) is 11.9. The topological polar surface area (TPSA) is 102 Å². The first kappa shape index (κ1) is 16.1. The van der Waals surface area contributed by atoms with E-state index in [2.05, 4.69) is 27.5 Å². The Morgan fingerprint density at radius 1 is 1.30 bits per heavy atom. The van der Waals surface area contributed by atoms with Gasteiger partial charge in [-0.15, -0.1) is 0 Å². The highest BCUT2D eigenvalue weighted by molar-refractivity contribution is 5.68. The number of rotatable bonds is 10. The predicted molar refractivity (Wildman–Crippen MR) is 77.1 cm³/mol. The Morgan fingerprint density at radius 2 is 2.00 bits per heavy atom. The van der Waals surface area contributed by atoms with E-state index < -0.39 is 4.92 Å². The van der Waals surface area contributed by atoms with Crippen molar-refractivity contribution in [2.45, 2.75) is 26.2 Å². The third kappa shape index (κ3) is 4.96. The van der Waals surface area contributed by atoms with Crippen molar-refractivity contribution in [3.63, 3.8) is 0 Å². The van der Waals surface area contributed by atoms with Gasteiger partial charge in [0, 0.05) is 26.8 Å². The van der Waals surface area contributed by atoms with Crippen LogP contribution >= 0.6 is 0 Å². The number of nitrogens with zero attached hydrogens (tertiary/aromatic N) is 3. The van der Waals surface area contributed by atoms with Crippen molar-refractivity contribution < 1.29 is 9.66 Å². The minimum atomic E-state index is -0.494. The maximum atomic E-state index is 11.0. The highest BCUT2D eigenvalue weighted by Gasteiger charge is 2.21. The van der Waals surface area contributed by atoms with Gasteiger partial charge < -0.3 is 15.4 Å². The summed E-state index contributed by atoms with van der Waals surface area (Å²) < 4.78 is 5.42. The number of anilines is 2. The van der Waals surface area contributed by atoms with Gasteiger partial charge in [-0.2, -0.15) is 0 Å². The van der Waals surface area contributed by atoms with Crippen LogP contribution in [0.4, 0.5) is 17.3 Å². The summed E-state index contributed by atoms with van der Waals surface area (Å²) in [6.45, 7) is 4.06. The molecule has 0 aromatic carbocycles. The molecule has 0 radical (unpaired) electrons. The van der Waals surface area contributed by atoms with Gasteiger partial charge in [0.15, 0.2) is 0 Å². The molecule has 1 aromatic rings. The lowest BCUT2D eigenvalue weighted by molar-refractivity contribution is -0.383. The van der Waals surface area contributed by atoms with Gasteiger partial charge in [-0.3, -0.25) is 10.1 Å². The number of hydrogen-bond donors (Lipinski definition) is 2. The highest BCUT2D eigenvalue weighted by atomic mass is 16.6. The Labute approximate surface area is 118 Å². The molecule has 1 heterocycles. The lowest BCUT2D eigenvalue weighted by atomic mass is 10.3. The first-order valence-corrected chi connectivity index (χ1v) is 6.69. The second kappa shape index (κ2) is 9.03. The van der Waals surface area contributed by atoms with Crippen LogP contribution in [0.25, 0.3) is 0 Å². The molecular weight excluding hydrogens is 262 g/mol. The summed E-state index contributed by atoms with van der Waals surface area (Å²) in [7, 11) is 1.58. The number of hydrogen-bond acceptors (Lipinski definition) is 7. The van der Waals surface area contributed by atoms with E-state index in [1.807, 2.05) is 0 Å². The monoisotopic (exact) mass is 283 g/mol. The smallest absolute Gasteiger partial charge is 0.353 e. The van der Waals surface area contributed by atoms with E-state index >= 15 is 0 Å². The molecule has 112 valence electrons. The predicted octanol–water partition coefficient (Wildman–Crippen LogP) is 2.05. The average Bonchev–Trinajstić information content (AvgIpc) is 2.45. The van der Waals surface area contributed by atoms with Crippen LogP contribution in [-0.4, -0.2) is 41.7 Å². The number of ether oxygens (including phenoxy) is 1. The van der Waals surface area contributed by atoms with Gasteiger partial charge in [0.05, 0.1) is 4.92 Å². The van der Waals surface area contributed by atoms with Crippen molar-refractivity contribution in [3.8, 4) is 0 Å². The lowest BCUT2D eigenvalue weighted by Crippen LogP contribution is -2.11. The standard InChI is InChI=1S/C12H21N5O3/c1-3-4-7-20-8-5-6-14-12-10(17(18)19)11(13-2)15-9-16-12/h9H,3-8H2,1-2H3,(H2,13,14,15,16). The van der Waals surface area contributed by atoms with Crippen molar-refractivity contribution in [2.75, 3.05) is 37.4 Å². The van der Waals surface area contributed by atoms with Crippen LogP contribution in [0.1, 0.15) is 26.2 Å². The molecule has 0 spiro atoms. The molecule has 0 aliphatic carbocycles. The summed E-state index contributed by atoms with van der Waals surface area (Å²) in [5.41, 5.74) is -0.137. The van der Waals surface area contributed by atoms with Crippen LogP contribution in [0.3, 0.4) is 0 Å². The van der Waals surface area contributed by atoms with E-state index in [1.165, 1.54) is 6.33 Å². The van der Waals surface area contributed by atoms with E-state index in [0.717, 1.165) is 25.9 Å². The van der Waals surface area contributed by atoms with Crippen molar-refractivity contribution in [1.29, 1.82) is 0 Å². The van der Waals surface area contributed by atoms with Gasteiger partial charge in [0.1, 0.15) is 6.33 Å². The summed E-state index contributed by atoms with van der Waals surface area (Å²) in [4.78, 5) is 18.3. The summed E-state index contributed by atoms with van der Waals surface area (Å²) in [5, 5.41) is 16.7. The summed E-state index contributed by atoms with van der Waals surface area (Å²) in [5.74, 6) is 0.426. The van der Waals surface area contributed by atoms with Crippen molar-refractivity contribution in [2.24, 2.45) is 0 Å². The molecule has 1 aromatic heterocycles. The molecule has 0 saturated heterocycles. The quantitative estimate of drug-likeness (QED) is 0.385. The molecule has 1 rings (SSSR count). The number of aromatic nitrogens is 2. The third-order valence-electron chi connectivity index (χ3n) is 2.64. The summed E-state index contributed by atoms with van der Waals surface area (Å²) >= 11 is 0. The molecule has 0 bridgehead atoms. The van der Waals surface area contributed by atoms with Crippen LogP contribution in [0.15, 0.2) is 6.33 Å². The van der Waals surface area contributed by atoms with E-state index in [0.29, 0.717) is 13.2 Å². The normalized spacial score (nSPS) is 10.3. The SMILES string of the molecule is CCCCOCCCNc1ncnc(NC)c1[N+](=O)[O-]. The van der Waals surface area contributed by atoms with Gasteiger partial charge in [0.2, 0.25) is 11.6 Å². The lowest BCUT2D eigenvalue weighted by Gasteiger charge is -2.08. The molecule has 0 amide bonds. The minimum Gasteiger partial charge on any atom is -0.381 e. The van der Waals surface area contributed by atoms with Gasteiger partial charge in [-0.1, -0.05) is 13.3 Å². The molecule has 8 heteroatoms. The third-order valence-corrected chi connectivity index (χ3v) is 2.64. The van der Waals surface area contributed by atoms with E-state index in [1.54, 1.807) is 7.05 Å². The van der Waals surface area contributed by atoms with E-state index in [4.69, 9.17) is 4.74 Å². The maximum absolute atomic E-state index is 11.0. The molecular formula is C12H21N5O3. The van der Waals surface area contributed by atoms with E-state index in [9.17, 15) is 10.1 Å². The van der Waals surface area contributed by atoms with Gasteiger partial charge >= 0.3 is 5.69 Å². The molecule has 2 N–H and O–H groups in total. The number of nitro groups is 1. The Bertz CT molecular complexity index is 428. The fourth-order valence-electron chi connectivity index (χ4n) is 1.59. The molecule has 20 heavy (non-hydrogen) atoms. The average molecular weight is 283 g/mol. The van der Waals surface area contributed by atoms with Crippen LogP contribution in [0, 0.1) is 10.1 Å². The fraction of sp³-hybridized carbons (Fsp3) is 0.667. The fourth-order valence-corrected chi connectivity index (χ4v) is 1.59. The number of nitrogens with one attached hydrogen (secondary N) is 2. The van der Waals surface area contributed by atoms with Crippen molar-refractivity contribution in [3.05, 3.63) is 16.4 Å². The van der Waals surface area contributed by atoms with Gasteiger partial charge in [-0.25, -0.2) is 9.97 Å². The van der Waals surface area contributed by atoms with Crippen molar-refractivity contribution in [1.82, 2.24) is 9.97 Å². The Kier molecular flexibility index (Phi) is 7.26. The summed E-state index contributed by atoms with van der Waals surface area (Å²) in [6, 6.07) is 0. The van der Waals surface area contributed by atoms with Gasteiger partial charge in [-0.05, 0) is 12.8 Å². The van der Waals surface area contributed by atoms with Crippen LogP contribution < -0.4 is 10.6 Å². The Hall–Kier alpha value is -1.96. The molecule has 0 saturated carbocycles. The molecule has 0 fully saturated rings. The van der Waals surface area contributed by atoms with E-state index in [-0.39, 0.29) is 17.3 Å². The molecule has 8 nitrogen and oxygen atoms in total. The van der Waals surface area contributed by atoms with Crippen molar-refractivity contribution >= 4 is 17.3 Å². The molecule has 0 aliphatic heterocycles. The second-order valence-corrected chi connectivity index (χ2v) is 4.17. The Balaban J connectivity index is 2.45. The zero-order chi connectivity index (χ0) is 14.8. The first-order chi connectivity index (χ1) is 9.70. The second-order valence-electron chi connectivity index (χ2n) is 4.17. The Morgan fingerprint density at radius 3 is 2.65 bits per heavy atom. The van der Waals surface area contributed by atoms with Gasteiger partial charge in [0.25, 0.3) is 0 Å². The van der Waals surface area contributed by atoms with Crippen LogP contribution in [-0.2, 0) is 4.74 Å². The van der Waals surface area contributed by atoms with Crippen LogP contribution in [0.5, 0.6) is 0 Å². The summed E-state index contributed by atoms with van der Waals surface area (Å²) in [6.07, 6.45) is 4.22. The first-order valence-electron chi connectivity index (χ1n) is 6.69.